The summed E-state index contributed by atoms with van der Waals surface area (Å²) >= 11 is 0. The Morgan fingerprint density at radius 2 is 1.93 bits per heavy atom. The zero-order chi connectivity index (χ0) is 21.6. The van der Waals surface area contributed by atoms with Crippen LogP contribution in [0.25, 0.3) is 0 Å². The van der Waals surface area contributed by atoms with E-state index in [1.807, 2.05) is 18.3 Å². The van der Waals surface area contributed by atoms with E-state index >= 15 is 0 Å². The van der Waals surface area contributed by atoms with Crippen LogP contribution in [0.2, 0.25) is 0 Å². The molecular formula is C19H24F3N3O4. The van der Waals surface area contributed by atoms with Crippen molar-refractivity contribution in [2.24, 2.45) is 0 Å². The van der Waals surface area contributed by atoms with E-state index in [-0.39, 0.29) is 6.04 Å². The molecule has 160 valence electrons. The summed E-state index contributed by atoms with van der Waals surface area (Å²) in [6.45, 7) is 5.65. The number of para-hydroxylation sites is 1. The Hall–Kier alpha value is -2.59. The second-order valence-corrected chi connectivity index (χ2v) is 6.45. The van der Waals surface area contributed by atoms with Gasteiger partial charge in [0.1, 0.15) is 11.6 Å². The number of rotatable bonds is 5. The van der Waals surface area contributed by atoms with Gasteiger partial charge in [-0.15, -0.1) is 0 Å². The molecule has 0 bridgehead atoms. The van der Waals surface area contributed by atoms with Crippen LogP contribution in [-0.2, 0) is 29.2 Å². The van der Waals surface area contributed by atoms with Crippen molar-refractivity contribution in [1.82, 2.24) is 14.5 Å². The Morgan fingerprint density at radius 3 is 2.52 bits per heavy atom. The van der Waals surface area contributed by atoms with Gasteiger partial charge in [-0.1, -0.05) is 18.2 Å². The summed E-state index contributed by atoms with van der Waals surface area (Å²) in [5.41, 5.74) is 2.37. The molecule has 1 aromatic carbocycles. The number of nitrogens with zero attached hydrogens (tertiary/aromatic N) is 3. The summed E-state index contributed by atoms with van der Waals surface area (Å²) in [4.78, 5) is 15.9. The highest BCUT2D eigenvalue weighted by Crippen LogP contribution is 2.29. The topological polar surface area (TPSA) is 76.8 Å². The zero-order valence-corrected chi connectivity index (χ0v) is 16.4. The van der Waals surface area contributed by atoms with Crippen molar-refractivity contribution < 1.29 is 32.5 Å². The maximum atomic E-state index is 10.6. The smallest absolute Gasteiger partial charge is 0.490 e. The lowest BCUT2D eigenvalue weighted by atomic mass is 10.1. The molecule has 1 unspecified atom stereocenters. The second kappa shape index (κ2) is 9.75. The molecule has 2 heterocycles. The van der Waals surface area contributed by atoms with Gasteiger partial charge in [-0.05, 0) is 13.0 Å². The molecule has 1 aliphatic rings. The molecule has 0 spiro atoms. The van der Waals surface area contributed by atoms with Crippen LogP contribution in [0.5, 0.6) is 5.75 Å². The lowest BCUT2D eigenvalue weighted by Crippen LogP contribution is -2.37. The maximum Gasteiger partial charge on any atom is 0.490 e. The van der Waals surface area contributed by atoms with Crippen LogP contribution in [-0.4, -0.2) is 52.5 Å². The highest BCUT2D eigenvalue weighted by Gasteiger charge is 2.38. The number of alkyl halides is 3. The van der Waals surface area contributed by atoms with E-state index in [9.17, 15) is 13.2 Å². The molecule has 7 nitrogen and oxygen atoms in total. The molecule has 10 heteroatoms. The number of carbonyl (C=O) groups is 1. The van der Waals surface area contributed by atoms with Gasteiger partial charge in [0.25, 0.3) is 0 Å². The molecule has 29 heavy (non-hydrogen) atoms. The Bertz CT molecular complexity index is 823. The van der Waals surface area contributed by atoms with Crippen LogP contribution >= 0.6 is 0 Å². The first kappa shape index (κ1) is 22.7. The third-order valence-corrected chi connectivity index (χ3v) is 4.60. The summed E-state index contributed by atoms with van der Waals surface area (Å²) < 4.78 is 44.7. The second-order valence-electron chi connectivity index (χ2n) is 6.45. The normalized spacial score (nSPS) is 16.6. The fraction of sp³-hybridized carbons (Fsp3) is 0.474. The number of hydrogen-bond acceptors (Lipinski definition) is 5. The first-order valence-corrected chi connectivity index (χ1v) is 8.88. The van der Waals surface area contributed by atoms with E-state index in [2.05, 4.69) is 33.5 Å². The number of aromatic nitrogens is 2. The molecule has 0 saturated heterocycles. The Labute approximate surface area is 166 Å². The predicted molar refractivity (Wildman–Crippen MR) is 98.4 cm³/mol. The van der Waals surface area contributed by atoms with Crippen molar-refractivity contribution >= 4 is 5.97 Å². The molecule has 0 radical (unpaired) electrons. The minimum atomic E-state index is -5.08. The van der Waals surface area contributed by atoms with Gasteiger partial charge >= 0.3 is 12.1 Å². The molecule has 0 amide bonds. The maximum absolute atomic E-state index is 10.6. The molecule has 0 aliphatic carbocycles. The standard InChI is InChI=1S/C17H23N3O2.C2HF3O2/c1-13-17-18-10-15(12-21-2)20(17)9-8-19(13)11-14-6-4-5-7-16(14)22-3;3-2(4,5)1(6)7/h4-7,10,13H,8-9,11-12H2,1-3H3;(H,6,7). The molecule has 1 aromatic heterocycles. The number of halogens is 3. The average molecular weight is 415 g/mol. The molecule has 1 aliphatic heterocycles. The largest absolute Gasteiger partial charge is 0.496 e. The third-order valence-electron chi connectivity index (χ3n) is 4.60. The number of carboxylic acid groups (broad SMARTS) is 1. The van der Waals surface area contributed by atoms with Crippen LogP contribution in [0.3, 0.4) is 0 Å². The summed E-state index contributed by atoms with van der Waals surface area (Å²) in [7, 11) is 3.45. The van der Waals surface area contributed by atoms with Crippen molar-refractivity contribution in [3.8, 4) is 5.75 Å². The number of methoxy groups -OCH3 is 2. The van der Waals surface area contributed by atoms with Crippen LogP contribution in [0.1, 0.15) is 30.0 Å². The Balaban J connectivity index is 0.000000370. The van der Waals surface area contributed by atoms with Crippen molar-refractivity contribution in [2.45, 2.75) is 38.8 Å². The highest BCUT2D eigenvalue weighted by molar-refractivity contribution is 5.73. The summed E-state index contributed by atoms with van der Waals surface area (Å²) in [6.07, 6.45) is -3.15. The highest BCUT2D eigenvalue weighted by atomic mass is 19.4. The molecule has 1 N–H and O–H groups in total. The van der Waals surface area contributed by atoms with Crippen molar-refractivity contribution in [2.75, 3.05) is 20.8 Å². The number of aliphatic carboxylic acids is 1. The first-order valence-electron chi connectivity index (χ1n) is 8.88. The van der Waals surface area contributed by atoms with Crippen LogP contribution in [0.4, 0.5) is 13.2 Å². The molecule has 1 atom stereocenters. The zero-order valence-electron chi connectivity index (χ0n) is 16.4. The summed E-state index contributed by atoms with van der Waals surface area (Å²) in [6, 6.07) is 8.49. The van der Waals surface area contributed by atoms with Crippen LogP contribution < -0.4 is 4.74 Å². The van der Waals surface area contributed by atoms with Gasteiger partial charge in [-0.3, -0.25) is 4.90 Å². The predicted octanol–water partition coefficient (Wildman–Crippen LogP) is 3.25. The Kier molecular flexibility index (Phi) is 7.63. The van der Waals surface area contributed by atoms with Crippen LogP contribution in [0, 0.1) is 0 Å². The van der Waals surface area contributed by atoms with Gasteiger partial charge in [0.15, 0.2) is 0 Å². The number of carboxylic acids is 1. The van der Waals surface area contributed by atoms with Crippen molar-refractivity contribution in [3.05, 3.63) is 47.5 Å². The first-order chi connectivity index (χ1) is 13.7. The number of ether oxygens (including phenoxy) is 2. The van der Waals surface area contributed by atoms with Gasteiger partial charge in [0, 0.05) is 32.3 Å². The third kappa shape index (κ3) is 5.70. The molecule has 3 rings (SSSR count). The summed E-state index contributed by atoms with van der Waals surface area (Å²) in [5.74, 6) is -0.690. The minimum Gasteiger partial charge on any atom is -0.496 e. The molecule has 2 aromatic rings. The molecular weight excluding hydrogens is 391 g/mol. The van der Waals surface area contributed by atoms with E-state index < -0.39 is 12.1 Å². The number of fused-ring (bicyclic) bond motifs is 1. The number of imidazole rings is 1. The van der Waals surface area contributed by atoms with Gasteiger partial charge in [-0.2, -0.15) is 13.2 Å². The fourth-order valence-corrected chi connectivity index (χ4v) is 3.14. The SMILES string of the molecule is COCc1cnc2n1CCN(Cc1ccccc1OC)C2C.O=C(O)C(F)(F)F. The van der Waals surface area contributed by atoms with E-state index in [4.69, 9.17) is 19.4 Å². The van der Waals surface area contributed by atoms with Gasteiger partial charge in [0.05, 0.1) is 31.6 Å². The van der Waals surface area contributed by atoms with Crippen LogP contribution in [0.15, 0.2) is 30.5 Å². The molecule has 0 saturated carbocycles. The van der Waals surface area contributed by atoms with Crippen molar-refractivity contribution in [3.63, 3.8) is 0 Å². The average Bonchev–Trinajstić information content (AvgIpc) is 3.08. The fourth-order valence-electron chi connectivity index (χ4n) is 3.14. The van der Waals surface area contributed by atoms with E-state index in [1.54, 1.807) is 14.2 Å². The number of benzene rings is 1. The van der Waals surface area contributed by atoms with Gasteiger partial charge in [-0.25, -0.2) is 9.78 Å². The lowest BCUT2D eigenvalue weighted by Gasteiger charge is -2.34. The Morgan fingerprint density at radius 1 is 1.28 bits per heavy atom. The van der Waals surface area contributed by atoms with Gasteiger partial charge in [0.2, 0.25) is 0 Å². The monoisotopic (exact) mass is 415 g/mol. The van der Waals surface area contributed by atoms with E-state index in [1.165, 1.54) is 5.56 Å². The summed E-state index contributed by atoms with van der Waals surface area (Å²) in [5, 5.41) is 7.12. The van der Waals surface area contributed by atoms with Gasteiger partial charge < -0.3 is 19.1 Å². The molecule has 0 fully saturated rings. The van der Waals surface area contributed by atoms with E-state index in [0.29, 0.717) is 6.61 Å². The minimum absolute atomic E-state index is 0.282. The number of hydrogen-bond donors (Lipinski definition) is 1. The lowest BCUT2D eigenvalue weighted by molar-refractivity contribution is -0.192. The quantitative estimate of drug-likeness (QED) is 0.808. The van der Waals surface area contributed by atoms with Crippen molar-refractivity contribution in [1.29, 1.82) is 0 Å². The van der Waals surface area contributed by atoms with E-state index in [0.717, 1.165) is 36.9 Å².